The van der Waals surface area contributed by atoms with Crippen molar-refractivity contribution in [2.24, 2.45) is 0 Å². The van der Waals surface area contributed by atoms with E-state index >= 15 is 0 Å². The van der Waals surface area contributed by atoms with E-state index in [9.17, 15) is 4.79 Å². The number of hydrogen-bond donors (Lipinski definition) is 1. The summed E-state index contributed by atoms with van der Waals surface area (Å²) in [6.45, 7) is 2.02. The summed E-state index contributed by atoms with van der Waals surface area (Å²) in [7, 11) is 1.63. The van der Waals surface area contributed by atoms with Crippen LogP contribution in [0.15, 0.2) is 89.5 Å². The van der Waals surface area contributed by atoms with Gasteiger partial charge in [0, 0.05) is 17.2 Å². The molecule has 4 aromatic rings. The van der Waals surface area contributed by atoms with Crippen molar-refractivity contribution < 1.29 is 13.9 Å². The smallest absolute Gasteiger partial charge is 0.252 e. The molecule has 0 aliphatic heterocycles. The zero-order chi connectivity index (χ0) is 22.3. The number of rotatable bonds is 8. The fourth-order valence-corrected chi connectivity index (χ4v) is 3.58. The number of amides is 1. The Hall–Kier alpha value is -3.86. The lowest BCUT2D eigenvalue weighted by Gasteiger charge is -2.15. The van der Waals surface area contributed by atoms with Gasteiger partial charge in [0.1, 0.15) is 5.75 Å². The van der Waals surface area contributed by atoms with Crippen molar-refractivity contribution in [2.75, 3.05) is 7.11 Å². The monoisotopic (exact) mass is 426 g/mol. The van der Waals surface area contributed by atoms with Crippen LogP contribution in [0.4, 0.5) is 0 Å². The van der Waals surface area contributed by atoms with Crippen LogP contribution < -0.4 is 10.1 Å². The molecule has 1 atom stereocenters. The Bertz CT molecular complexity index is 1180. The first-order chi connectivity index (χ1) is 15.6. The second kappa shape index (κ2) is 9.96. The Balaban J connectivity index is 1.49. The zero-order valence-corrected chi connectivity index (χ0v) is 18.2. The number of oxazole rings is 1. The zero-order valence-electron chi connectivity index (χ0n) is 18.2. The van der Waals surface area contributed by atoms with E-state index in [1.54, 1.807) is 19.4 Å². The first kappa shape index (κ1) is 21.4. The molecule has 162 valence electrons. The van der Waals surface area contributed by atoms with Gasteiger partial charge in [0.15, 0.2) is 5.76 Å². The fraction of sp³-hybridized carbons (Fsp3) is 0.185. The molecule has 0 aliphatic rings. The molecule has 3 aromatic carbocycles. The number of hydrogen-bond acceptors (Lipinski definition) is 4. The number of benzene rings is 3. The number of carbonyl (C=O) groups excluding carboxylic acids is 1. The SMILES string of the molecule is COc1cccc(-c2cnc(-c3ccccc3C(=O)N[C@H](C)CCc3ccccc3)o2)c1. The molecule has 0 fully saturated rings. The largest absolute Gasteiger partial charge is 0.497 e. The molecule has 1 heterocycles. The van der Waals surface area contributed by atoms with Gasteiger partial charge in [-0.3, -0.25) is 4.79 Å². The first-order valence-corrected chi connectivity index (χ1v) is 10.7. The van der Waals surface area contributed by atoms with Gasteiger partial charge in [-0.05, 0) is 49.6 Å². The van der Waals surface area contributed by atoms with E-state index in [1.165, 1.54) is 5.56 Å². The summed E-state index contributed by atoms with van der Waals surface area (Å²) in [5.41, 5.74) is 3.32. The number of aromatic nitrogens is 1. The van der Waals surface area contributed by atoms with E-state index in [0.717, 1.165) is 24.2 Å². The van der Waals surface area contributed by atoms with Gasteiger partial charge in [0.25, 0.3) is 5.91 Å². The summed E-state index contributed by atoms with van der Waals surface area (Å²) in [6.07, 6.45) is 3.44. The minimum Gasteiger partial charge on any atom is -0.497 e. The molecule has 0 unspecified atom stereocenters. The molecule has 0 saturated heterocycles. The molecule has 1 N–H and O–H groups in total. The Labute approximate surface area is 188 Å². The third kappa shape index (κ3) is 5.06. The standard InChI is InChI=1S/C27H26N2O3/c1-19(15-16-20-9-4-3-5-10-20)29-26(30)23-13-6-7-14-24(23)27-28-18-25(32-27)21-11-8-12-22(17-21)31-2/h3-14,17-19H,15-16H2,1-2H3,(H,29,30)/t19-/m1/s1. The summed E-state index contributed by atoms with van der Waals surface area (Å²) in [4.78, 5) is 17.5. The minimum absolute atomic E-state index is 0.0349. The topological polar surface area (TPSA) is 64.4 Å². The number of carbonyl (C=O) groups is 1. The molecule has 0 bridgehead atoms. The highest BCUT2D eigenvalue weighted by Crippen LogP contribution is 2.30. The van der Waals surface area contributed by atoms with E-state index in [1.807, 2.05) is 67.6 Å². The Morgan fingerprint density at radius 3 is 2.62 bits per heavy atom. The highest BCUT2D eigenvalue weighted by atomic mass is 16.5. The number of aryl methyl sites for hydroxylation is 1. The van der Waals surface area contributed by atoms with Gasteiger partial charge >= 0.3 is 0 Å². The average Bonchev–Trinajstić information content (AvgIpc) is 3.34. The fourth-order valence-electron chi connectivity index (χ4n) is 3.58. The predicted octanol–water partition coefficient (Wildman–Crippen LogP) is 5.77. The van der Waals surface area contributed by atoms with Crippen LogP contribution in [0.25, 0.3) is 22.8 Å². The number of nitrogens with one attached hydrogen (secondary N) is 1. The highest BCUT2D eigenvalue weighted by molar-refractivity contribution is 6.00. The normalized spacial score (nSPS) is 11.7. The molecular weight excluding hydrogens is 400 g/mol. The maximum atomic E-state index is 13.0. The van der Waals surface area contributed by atoms with Crippen LogP contribution in [-0.4, -0.2) is 24.0 Å². The van der Waals surface area contributed by atoms with Crippen LogP contribution in [0, 0.1) is 0 Å². The summed E-state index contributed by atoms with van der Waals surface area (Å²) in [5.74, 6) is 1.63. The molecule has 0 saturated carbocycles. The van der Waals surface area contributed by atoms with Crippen molar-refractivity contribution in [1.29, 1.82) is 0 Å². The van der Waals surface area contributed by atoms with Gasteiger partial charge in [-0.2, -0.15) is 0 Å². The van der Waals surface area contributed by atoms with Crippen LogP contribution in [0.5, 0.6) is 5.75 Å². The van der Waals surface area contributed by atoms with Crippen molar-refractivity contribution >= 4 is 5.91 Å². The third-order valence-electron chi connectivity index (χ3n) is 5.35. The molecule has 32 heavy (non-hydrogen) atoms. The van der Waals surface area contributed by atoms with Crippen LogP contribution in [0.3, 0.4) is 0 Å². The van der Waals surface area contributed by atoms with Crippen molar-refractivity contribution in [3.63, 3.8) is 0 Å². The van der Waals surface area contributed by atoms with E-state index in [4.69, 9.17) is 9.15 Å². The van der Waals surface area contributed by atoms with E-state index in [-0.39, 0.29) is 11.9 Å². The molecule has 4 rings (SSSR count). The maximum Gasteiger partial charge on any atom is 0.252 e. The minimum atomic E-state index is -0.137. The van der Waals surface area contributed by atoms with Crippen molar-refractivity contribution in [3.05, 3.63) is 96.2 Å². The summed E-state index contributed by atoms with van der Waals surface area (Å²) in [5, 5.41) is 3.11. The summed E-state index contributed by atoms with van der Waals surface area (Å²) < 4.78 is 11.3. The lowest BCUT2D eigenvalue weighted by molar-refractivity contribution is 0.0939. The van der Waals surface area contributed by atoms with Crippen LogP contribution in [0.1, 0.15) is 29.3 Å². The summed E-state index contributed by atoms with van der Waals surface area (Å²) in [6, 6.07) is 25.3. The van der Waals surface area contributed by atoms with Gasteiger partial charge < -0.3 is 14.5 Å². The second-order valence-corrected chi connectivity index (χ2v) is 7.71. The molecule has 5 nitrogen and oxygen atoms in total. The lowest BCUT2D eigenvalue weighted by atomic mass is 10.0. The molecule has 5 heteroatoms. The number of ether oxygens (including phenoxy) is 1. The van der Waals surface area contributed by atoms with E-state index < -0.39 is 0 Å². The van der Waals surface area contributed by atoms with Gasteiger partial charge in [-0.25, -0.2) is 4.98 Å². The van der Waals surface area contributed by atoms with Gasteiger partial charge in [0.05, 0.1) is 18.9 Å². The van der Waals surface area contributed by atoms with Gasteiger partial charge in [0.2, 0.25) is 5.89 Å². The summed E-state index contributed by atoms with van der Waals surface area (Å²) >= 11 is 0. The van der Waals surface area contributed by atoms with Crippen LogP contribution >= 0.6 is 0 Å². The highest BCUT2D eigenvalue weighted by Gasteiger charge is 2.18. The van der Waals surface area contributed by atoms with Gasteiger partial charge in [-0.1, -0.05) is 54.6 Å². The predicted molar refractivity (Wildman–Crippen MR) is 126 cm³/mol. The number of methoxy groups -OCH3 is 1. The van der Waals surface area contributed by atoms with E-state index in [2.05, 4.69) is 22.4 Å². The molecule has 1 aromatic heterocycles. The third-order valence-corrected chi connectivity index (χ3v) is 5.35. The molecule has 1 amide bonds. The maximum absolute atomic E-state index is 13.0. The molecule has 0 aliphatic carbocycles. The Morgan fingerprint density at radius 1 is 1.03 bits per heavy atom. The number of nitrogens with zero attached hydrogens (tertiary/aromatic N) is 1. The van der Waals surface area contributed by atoms with Crippen LogP contribution in [-0.2, 0) is 6.42 Å². The molecular formula is C27H26N2O3. The molecule has 0 radical (unpaired) electrons. The van der Waals surface area contributed by atoms with Gasteiger partial charge in [-0.15, -0.1) is 0 Å². The second-order valence-electron chi connectivity index (χ2n) is 7.71. The van der Waals surface area contributed by atoms with Crippen molar-refractivity contribution in [1.82, 2.24) is 10.3 Å². The molecule has 0 spiro atoms. The lowest BCUT2D eigenvalue weighted by Crippen LogP contribution is -2.33. The van der Waals surface area contributed by atoms with Crippen molar-refractivity contribution in [2.45, 2.75) is 25.8 Å². The van der Waals surface area contributed by atoms with Crippen LogP contribution in [0.2, 0.25) is 0 Å². The van der Waals surface area contributed by atoms with Crippen molar-refractivity contribution in [3.8, 4) is 28.5 Å². The Kier molecular flexibility index (Phi) is 6.66. The van der Waals surface area contributed by atoms with E-state index in [0.29, 0.717) is 22.8 Å². The average molecular weight is 427 g/mol. The first-order valence-electron chi connectivity index (χ1n) is 10.7. The Morgan fingerprint density at radius 2 is 1.81 bits per heavy atom. The quantitative estimate of drug-likeness (QED) is 0.389.